The molecule has 0 fully saturated rings. The molecule has 1 aliphatic rings. The molecule has 2 amide bonds. The molecule has 3 aromatic carbocycles. The Morgan fingerprint density at radius 3 is 2.42 bits per heavy atom. The number of benzene rings is 3. The van der Waals surface area contributed by atoms with Gasteiger partial charge in [0.25, 0.3) is 5.91 Å². The number of hydrogen-bond acceptors (Lipinski definition) is 2. The van der Waals surface area contributed by atoms with E-state index in [1.165, 1.54) is 31.2 Å². The lowest BCUT2D eigenvalue weighted by atomic mass is 9.89. The topological polar surface area (TPSA) is 40.6 Å². The lowest BCUT2D eigenvalue weighted by Gasteiger charge is -2.43. The lowest BCUT2D eigenvalue weighted by molar-refractivity contribution is -0.117. The van der Waals surface area contributed by atoms with Crippen molar-refractivity contribution in [3.8, 4) is 0 Å². The molecule has 0 aromatic heterocycles. The molecule has 0 saturated carbocycles. The molecule has 0 N–H and O–H groups in total. The molecule has 158 valence electrons. The Kier molecular flexibility index (Phi) is 5.79. The van der Waals surface area contributed by atoms with E-state index in [4.69, 9.17) is 11.6 Å². The number of carbonyl (C=O) groups excluding carboxylic acids is 2. The van der Waals surface area contributed by atoms with Crippen molar-refractivity contribution in [1.82, 2.24) is 0 Å². The fourth-order valence-corrected chi connectivity index (χ4v) is 4.46. The van der Waals surface area contributed by atoms with Gasteiger partial charge in [0.05, 0.1) is 6.04 Å². The van der Waals surface area contributed by atoms with Crippen LogP contribution in [0.3, 0.4) is 0 Å². The van der Waals surface area contributed by atoms with Gasteiger partial charge in [0.2, 0.25) is 5.91 Å². The van der Waals surface area contributed by atoms with Crippen LogP contribution in [-0.2, 0) is 4.79 Å². The van der Waals surface area contributed by atoms with Gasteiger partial charge in [-0.15, -0.1) is 0 Å². The first-order valence-electron chi connectivity index (χ1n) is 10.1. The average Bonchev–Trinajstić information content (AvgIpc) is 2.74. The van der Waals surface area contributed by atoms with Crippen LogP contribution in [0, 0.1) is 5.82 Å². The highest BCUT2D eigenvalue weighted by molar-refractivity contribution is 6.30. The summed E-state index contributed by atoms with van der Waals surface area (Å²) in [5, 5.41) is 0.550. The quantitative estimate of drug-likeness (QED) is 0.504. The second-order valence-electron chi connectivity index (χ2n) is 7.71. The van der Waals surface area contributed by atoms with Gasteiger partial charge in [-0.2, -0.15) is 0 Å². The monoisotopic (exact) mass is 436 g/mol. The van der Waals surface area contributed by atoms with Crippen LogP contribution in [0.25, 0.3) is 0 Å². The van der Waals surface area contributed by atoms with Gasteiger partial charge in [-0.05, 0) is 67.4 Å². The summed E-state index contributed by atoms with van der Waals surface area (Å²) >= 11 is 6.19. The number of para-hydroxylation sites is 1. The second kappa shape index (κ2) is 8.52. The van der Waals surface area contributed by atoms with E-state index in [1.807, 2.05) is 43.3 Å². The van der Waals surface area contributed by atoms with Crippen LogP contribution < -0.4 is 9.80 Å². The molecular formula is C25H22ClFN2O2. The fraction of sp³-hybridized carbons (Fsp3) is 0.200. The van der Waals surface area contributed by atoms with Gasteiger partial charge in [-0.25, -0.2) is 4.39 Å². The van der Waals surface area contributed by atoms with Gasteiger partial charge in [0.1, 0.15) is 5.82 Å². The summed E-state index contributed by atoms with van der Waals surface area (Å²) in [5.74, 6) is -0.689. The Morgan fingerprint density at radius 1 is 1.03 bits per heavy atom. The van der Waals surface area contributed by atoms with Crippen LogP contribution >= 0.6 is 11.6 Å². The highest BCUT2D eigenvalue weighted by Gasteiger charge is 2.38. The van der Waals surface area contributed by atoms with E-state index in [1.54, 1.807) is 21.9 Å². The first-order valence-corrected chi connectivity index (χ1v) is 10.5. The molecule has 0 aliphatic carbocycles. The summed E-state index contributed by atoms with van der Waals surface area (Å²) in [5.41, 5.74) is 2.75. The number of nitrogens with zero attached hydrogens (tertiary/aromatic N) is 2. The normalized spacial score (nSPS) is 17.7. The summed E-state index contributed by atoms with van der Waals surface area (Å²) in [6.07, 6.45) is 0.552. The molecule has 31 heavy (non-hydrogen) atoms. The van der Waals surface area contributed by atoms with Gasteiger partial charge >= 0.3 is 0 Å². The van der Waals surface area contributed by atoms with Crippen LogP contribution in [0.4, 0.5) is 15.8 Å². The zero-order valence-electron chi connectivity index (χ0n) is 17.3. The van der Waals surface area contributed by atoms with Crippen LogP contribution in [0.15, 0.2) is 72.8 Å². The number of carbonyl (C=O) groups is 2. The molecule has 0 spiro atoms. The first kappa shape index (κ1) is 21.1. The van der Waals surface area contributed by atoms with Crippen molar-refractivity contribution >= 4 is 34.8 Å². The molecule has 4 rings (SSSR count). The summed E-state index contributed by atoms with van der Waals surface area (Å²) in [4.78, 5) is 29.5. The number of rotatable bonds is 3. The smallest absolute Gasteiger partial charge is 0.258 e. The van der Waals surface area contributed by atoms with Gasteiger partial charge in [-0.3, -0.25) is 9.59 Å². The average molecular weight is 437 g/mol. The fourth-order valence-electron chi connectivity index (χ4n) is 4.27. The highest BCUT2D eigenvalue weighted by atomic mass is 35.5. The van der Waals surface area contributed by atoms with Crippen molar-refractivity contribution in [3.63, 3.8) is 0 Å². The molecule has 3 aromatic rings. The Hall–Kier alpha value is -3.18. The summed E-state index contributed by atoms with van der Waals surface area (Å²) in [7, 11) is 0. The van der Waals surface area contributed by atoms with E-state index in [2.05, 4.69) is 0 Å². The first-order chi connectivity index (χ1) is 14.9. The predicted octanol–water partition coefficient (Wildman–Crippen LogP) is 6.01. The summed E-state index contributed by atoms with van der Waals surface area (Å²) < 4.78 is 13.3. The van der Waals surface area contributed by atoms with Crippen LogP contribution in [0.2, 0.25) is 5.02 Å². The number of halogens is 2. The molecule has 4 nitrogen and oxygen atoms in total. The van der Waals surface area contributed by atoms with Crippen molar-refractivity contribution in [3.05, 3.63) is 94.8 Å². The van der Waals surface area contributed by atoms with Crippen molar-refractivity contribution < 1.29 is 14.0 Å². The number of anilines is 2. The van der Waals surface area contributed by atoms with Crippen molar-refractivity contribution in [2.24, 2.45) is 0 Å². The molecule has 2 atom stereocenters. The van der Waals surface area contributed by atoms with Crippen LogP contribution in [-0.4, -0.2) is 17.9 Å². The van der Waals surface area contributed by atoms with E-state index in [0.717, 1.165) is 11.3 Å². The third-order valence-corrected chi connectivity index (χ3v) is 5.84. The van der Waals surface area contributed by atoms with Crippen molar-refractivity contribution in [2.45, 2.75) is 32.4 Å². The Bertz CT molecular complexity index is 1130. The standard InChI is InChI=1S/C25H22ClFN2O2/c1-16-14-24(29(17(2)30)21-7-5-6-19(26)15-21)22-8-3-4-9-23(22)28(16)25(31)18-10-12-20(27)13-11-18/h3-13,15-16,24H,14H2,1-2H3/t16-,24+/m0/s1. The third kappa shape index (κ3) is 4.06. The zero-order chi connectivity index (χ0) is 22.1. The zero-order valence-corrected chi connectivity index (χ0v) is 18.0. The second-order valence-corrected chi connectivity index (χ2v) is 8.15. The van der Waals surface area contributed by atoms with E-state index >= 15 is 0 Å². The maximum absolute atomic E-state index is 13.3. The Labute approximate surface area is 185 Å². The summed E-state index contributed by atoms with van der Waals surface area (Å²) in [6, 6.07) is 19.9. The minimum atomic E-state index is -0.387. The summed E-state index contributed by atoms with van der Waals surface area (Å²) in [6.45, 7) is 3.49. The van der Waals surface area contributed by atoms with Crippen molar-refractivity contribution in [1.29, 1.82) is 0 Å². The van der Waals surface area contributed by atoms with E-state index in [9.17, 15) is 14.0 Å². The molecule has 0 unspecified atom stereocenters. The third-order valence-electron chi connectivity index (χ3n) is 5.61. The largest absolute Gasteiger partial charge is 0.305 e. The number of fused-ring (bicyclic) bond motifs is 1. The molecule has 1 aliphatic heterocycles. The van der Waals surface area contributed by atoms with Crippen LogP contribution in [0.1, 0.15) is 42.2 Å². The minimum Gasteiger partial charge on any atom is -0.305 e. The van der Waals surface area contributed by atoms with E-state index in [0.29, 0.717) is 22.7 Å². The van der Waals surface area contributed by atoms with Crippen molar-refractivity contribution in [2.75, 3.05) is 9.80 Å². The molecule has 0 saturated heterocycles. The molecule has 0 bridgehead atoms. The molecule has 1 heterocycles. The van der Waals surface area contributed by atoms with Crippen LogP contribution in [0.5, 0.6) is 0 Å². The predicted molar refractivity (Wildman–Crippen MR) is 121 cm³/mol. The maximum atomic E-state index is 13.3. The molecular weight excluding hydrogens is 415 g/mol. The van der Waals surface area contributed by atoms with Gasteiger partial charge in [-0.1, -0.05) is 35.9 Å². The van der Waals surface area contributed by atoms with Gasteiger partial charge in [0.15, 0.2) is 0 Å². The Balaban J connectivity index is 1.78. The van der Waals surface area contributed by atoms with E-state index in [-0.39, 0.29) is 29.7 Å². The number of hydrogen-bond donors (Lipinski definition) is 0. The Morgan fingerprint density at radius 2 is 1.74 bits per heavy atom. The molecule has 6 heteroatoms. The minimum absolute atomic E-state index is 0.104. The SMILES string of the molecule is CC(=O)N(c1cccc(Cl)c1)[C@@H]1C[C@H](C)N(C(=O)c2ccc(F)cc2)c2ccccc21. The lowest BCUT2D eigenvalue weighted by Crippen LogP contribution is -2.47. The highest BCUT2D eigenvalue weighted by Crippen LogP contribution is 2.43. The van der Waals surface area contributed by atoms with E-state index < -0.39 is 0 Å². The van der Waals surface area contributed by atoms with Gasteiger partial charge in [0, 0.05) is 34.9 Å². The van der Waals surface area contributed by atoms with Gasteiger partial charge < -0.3 is 9.80 Å². The molecule has 0 radical (unpaired) electrons. The number of amides is 2. The maximum Gasteiger partial charge on any atom is 0.258 e.